The van der Waals surface area contributed by atoms with Gasteiger partial charge in [0.2, 0.25) is 0 Å². The van der Waals surface area contributed by atoms with Gasteiger partial charge in [-0.1, -0.05) is 0 Å². The number of halogens is 1. The van der Waals surface area contributed by atoms with E-state index in [4.69, 9.17) is 10.5 Å². The Morgan fingerprint density at radius 2 is 2.09 bits per heavy atom. The number of ether oxygens (including phenoxy) is 1. The van der Waals surface area contributed by atoms with E-state index in [0.29, 0.717) is 12.3 Å². The molecule has 0 amide bonds. The van der Waals surface area contributed by atoms with E-state index >= 15 is 0 Å². The molecule has 0 aromatic heterocycles. The minimum Gasteiger partial charge on any atom is -0.381 e. The van der Waals surface area contributed by atoms with Gasteiger partial charge in [0.05, 0.1) is 0 Å². The Balaban J connectivity index is 2.13. The minimum atomic E-state index is -0.807. The van der Waals surface area contributed by atoms with E-state index < -0.39 is 6.17 Å². The summed E-state index contributed by atoms with van der Waals surface area (Å²) >= 11 is 0. The van der Waals surface area contributed by atoms with Gasteiger partial charge >= 0.3 is 0 Å². The van der Waals surface area contributed by atoms with Crippen molar-refractivity contribution in [1.29, 1.82) is 0 Å². The second kappa shape index (κ2) is 4.67. The molecule has 2 N–H and O–H groups in total. The summed E-state index contributed by atoms with van der Waals surface area (Å²) < 4.78 is 17.9. The van der Waals surface area contributed by atoms with Crippen molar-refractivity contribution in [2.45, 2.75) is 25.4 Å². The van der Waals surface area contributed by atoms with E-state index in [1.54, 1.807) is 0 Å². The molecule has 1 saturated heterocycles. The van der Waals surface area contributed by atoms with Crippen molar-refractivity contribution in [3.05, 3.63) is 0 Å². The lowest BCUT2D eigenvalue weighted by Gasteiger charge is -2.22. The van der Waals surface area contributed by atoms with Crippen LogP contribution in [0.15, 0.2) is 0 Å². The van der Waals surface area contributed by atoms with Crippen LogP contribution >= 0.6 is 0 Å². The van der Waals surface area contributed by atoms with Crippen LogP contribution in [0.5, 0.6) is 0 Å². The first-order valence-corrected chi connectivity index (χ1v) is 4.25. The van der Waals surface area contributed by atoms with E-state index in [-0.39, 0.29) is 6.54 Å². The number of hydrogen-bond acceptors (Lipinski definition) is 2. The second-order valence-electron chi connectivity index (χ2n) is 3.12. The third kappa shape index (κ3) is 3.16. The lowest BCUT2D eigenvalue weighted by molar-refractivity contribution is 0.0561. The second-order valence-corrected chi connectivity index (χ2v) is 3.12. The van der Waals surface area contributed by atoms with Gasteiger partial charge in [-0.25, -0.2) is 4.39 Å². The van der Waals surface area contributed by atoms with Crippen molar-refractivity contribution in [2.75, 3.05) is 19.8 Å². The summed E-state index contributed by atoms with van der Waals surface area (Å²) in [5.41, 5.74) is 5.18. The highest BCUT2D eigenvalue weighted by Gasteiger charge is 2.17. The van der Waals surface area contributed by atoms with Crippen LogP contribution in [0.4, 0.5) is 4.39 Å². The predicted molar refractivity (Wildman–Crippen MR) is 42.1 cm³/mol. The van der Waals surface area contributed by atoms with Gasteiger partial charge < -0.3 is 10.5 Å². The van der Waals surface area contributed by atoms with Crippen LogP contribution in [0.2, 0.25) is 0 Å². The van der Waals surface area contributed by atoms with Crippen LogP contribution in [-0.4, -0.2) is 25.9 Å². The van der Waals surface area contributed by atoms with Crippen molar-refractivity contribution < 1.29 is 9.13 Å². The third-order valence-corrected chi connectivity index (χ3v) is 2.19. The highest BCUT2D eigenvalue weighted by Crippen LogP contribution is 2.20. The zero-order valence-electron chi connectivity index (χ0n) is 6.76. The molecule has 1 rings (SSSR count). The highest BCUT2D eigenvalue weighted by atomic mass is 19.1. The van der Waals surface area contributed by atoms with E-state index in [1.807, 2.05) is 0 Å². The molecular formula is C8H16FNO. The molecule has 0 radical (unpaired) electrons. The minimum absolute atomic E-state index is 0.164. The van der Waals surface area contributed by atoms with Crippen LogP contribution in [0.3, 0.4) is 0 Å². The molecule has 1 aliphatic heterocycles. The van der Waals surface area contributed by atoms with Crippen LogP contribution in [0.25, 0.3) is 0 Å². The van der Waals surface area contributed by atoms with Crippen molar-refractivity contribution in [3.63, 3.8) is 0 Å². The quantitative estimate of drug-likeness (QED) is 0.672. The summed E-state index contributed by atoms with van der Waals surface area (Å²) in [5, 5.41) is 0. The Hall–Kier alpha value is -0.150. The van der Waals surface area contributed by atoms with Gasteiger partial charge in [-0.2, -0.15) is 0 Å². The smallest absolute Gasteiger partial charge is 0.113 e. The Morgan fingerprint density at radius 3 is 2.64 bits per heavy atom. The predicted octanol–water partition coefficient (Wildman–Crippen LogP) is 1.10. The lowest BCUT2D eigenvalue weighted by Crippen LogP contribution is -2.23. The van der Waals surface area contributed by atoms with Crippen LogP contribution < -0.4 is 5.73 Å². The first-order chi connectivity index (χ1) is 5.33. The molecule has 0 aliphatic carbocycles. The summed E-state index contributed by atoms with van der Waals surface area (Å²) in [4.78, 5) is 0. The molecule has 0 aromatic carbocycles. The fourth-order valence-electron chi connectivity index (χ4n) is 1.44. The van der Waals surface area contributed by atoms with Gasteiger partial charge in [-0.05, 0) is 25.2 Å². The molecule has 0 aromatic rings. The number of hydrogen-bond donors (Lipinski definition) is 1. The standard InChI is InChI=1S/C8H16FNO/c9-8(6-10)5-7-1-3-11-4-2-7/h7-8H,1-6,10H2. The monoisotopic (exact) mass is 161 g/mol. The average Bonchev–Trinajstić information content (AvgIpc) is 2.06. The molecule has 66 valence electrons. The molecule has 1 atom stereocenters. The summed E-state index contributed by atoms with van der Waals surface area (Å²) in [5.74, 6) is 0.502. The summed E-state index contributed by atoms with van der Waals surface area (Å²) in [6.07, 6.45) is 1.82. The number of rotatable bonds is 3. The van der Waals surface area contributed by atoms with Crippen LogP contribution in [0.1, 0.15) is 19.3 Å². The van der Waals surface area contributed by atoms with Crippen molar-refractivity contribution in [2.24, 2.45) is 11.7 Å². The Kier molecular flexibility index (Phi) is 3.80. The van der Waals surface area contributed by atoms with Gasteiger partial charge in [0.15, 0.2) is 0 Å². The molecule has 0 saturated carbocycles. The molecule has 1 unspecified atom stereocenters. The number of nitrogens with two attached hydrogens (primary N) is 1. The molecular weight excluding hydrogens is 145 g/mol. The Labute approximate surface area is 66.9 Å². The maximum atomic E-state index is 12.8. The molecule has 1 fully saturated rings. The first-order valence-electron chi connectivity index (χ1n) is 4.25. The van der Waals surface area contributed by atoms with E-state index in [9.17, 15) is 4.39 Å². The largest absolute Gasteiger partial charge is 0.381 e. The zero-order valence-corrected chi connectivity index (χ0v) is 6.76. The van der Waals surface area contributed by atoms with Crippen molar-refractivity contribution >= 4 is 0 Å². The molecule has 0 bridgehead atoms. The van der Waals surface area contributed by atoms with Crippen molar-refractivity contribution in [1.82, 2.24) is 0 Å². The van der Waals surface area contributed by atoms with Gasteiger partial charge in [0, 0.05) is 19.8 Å². The molecule has 1 heterocycles. The first kappa shape index (κ1) is 8.94. The number of alkyl halides is 1. The van der Waals surface area contributed by atoms with E-state index in [1.165, 1.54) is 0 Å². The molecule has 11 heavy (non-hydrogen) atoms. The summed E-state index contributed by atoms with van der Waals surface area (Å²) in [6, 6.07) is 0. The van der Waals surface area contributed by atoms with Gasteiger partial charge in [-0.15, -0.1) is 0 Å². The summed E-state index contributed by atoms with van der Waals surface area (Å²) in [6.45, 7) is 1.75. The molecule has 2 nitrogen and oxygen atoms in total. The fraction of sp³-hybridized carbons (Fsp3) is 1.00. The zero-order chi connectivity index (χ0) is 8.10. The molecule has 0 spiro atoms. The van der Waals surface area contributed by atoms with Gasteiger partial charge in [-0.3, -0.25) is 0 Å². The maximum Gasteiger partial charge on any atom is 0.113 e. The topological polar surface area (TPSA) is 35.2 Å². The van der Waals surface area contributed by atoms with Crippen LogP contribution in [0, 0.1) is 5.92 Å². The molecule has 1 aliphatic rings. The Bertz CT molecular complexity index is 104. The summed E-state index contributed by atoms with van der Waals surface area (Å²) in [7, 11) is 0. The third-order valence-electron chi connectivity index (χ3n) is 2.19. The Morgan fingerprint density at radius 1 is 1.45 bits per heavy atom. The van der Waals surface area contributed by atoms with Gasteiger partial charge in [0.25, 0.3) is 0 Å². The average molecular weight is 161 g/mol. The normalized spacial score (nSPS) is 23.5. The highest BCUT2D eigenvalue weighted by molar-refractivity contribution is 4.68. The van der Waals surface area contributed by atoms with Crippen LogP contribution in [-0.2, 0) is 4.74 Å². The SMILES string of the molecule is NCC(F)CC1CCOCC1. The fourth-order valence-corrected chi connectivity index (χ4v) is 1.44. The lowest BCUT2D eigenvalue weighted by atomic mass is 9.94. The maximum absolute atomic E-state index is 12.8. The van der Waals surface area contributed by atoms with Crippen molar-refractivity contribution in [3.8, 4) is 0 Å². The van der Waals surface area contributed by atoms with E-state index in [2.05, 4.69) is 0 Å². The molecule has 3 heteroatoms. The van der Waals surface area contributed by atoms with E-state index in [0.717, 1.165) is 26.1 Å². The van der Waals surface area contributed by atoms with Gasteiger partial charge in [0.1, 0.15) is 6.17 Å².